The van der Waals surface area contributed by atoms with Gasteiger partial charge in [0, 0.05) is 16.9 Å². The van der Waals surface area contributed by atoms with Gasteiger partial charge in [0.2, 0.25) is 0 Å². The van der Waals surface area contributed by atoms with E-state index in [1.165, 1.54) is 11.3 Å². The quantitative estimate of drug-likeness (QED) is 0.875. The SMILES string of the molecule is OC(Cc1ccc(Cl)s1)c1ccoc1. The van der Waals surface area contributed by atoms with Crippen LogP contribution in [0.25, 0.3) is 0 Å². The van der Waals surface area contributed by atoms with Gasteiger partial charge in [-0.05, 0) is 18.2 Å². The second-order valence-corrected chi connectivity index (χ2v) is 4.78. The van der Waals surface area contributed by atoms with Crippen LogP contribution in [0.3, 0.4) is 0 Å². The van der Waals surface area contributed by atoms with Crippen LogP contribution < -0.4 is 0 Å². The largest absolute Gasteiger partial charge is 0.472 e. The molecule has 14 heavy (non-hydrogen) atoms. The first kappa shape index (κ1) is 9.77. The van der Waals surface area contributed by atoms with Crippen molar-refractivity contribution >= 4 is 22.9 Å². The summed E-state index contributed by atoms with van der Waals surface area (Å²) in [5.74, 6) is 0. The third-order valence-corrected chi connectivity index (χ3v) is 3.20. The predicted molar refractivity (Wildman–Crippen MR) is 56.7 cm³/mol. The highest BCUT2D eigenvalue weighted by Crippen LogP contribution is 2.26. The van der Waals surface area contributed by atoms with Crippen LogP contribution in [-0.4, -0.2) is 5.11 Å². The minimum atomic E-state index is -0.511. The maximum Gasteiger partial charge on any atom is 0.0960 e. The lowest BCUT2D eigenvalue weighted by Gasteiger charge is -2.05. The van der Waals surface area contributed by atoms with E-state index in [-0.39, 0.29) is 0 Å². The molecule has 0 saturated carbocycles. The van der Waals surface area contributed by atoms with Gasteiger partial charge >= 0.3 is 0 Å². The molecule has 0 bridgehead atoms. The van der Waals surface area contributed by atoms with Crippen molar-refractivity contribution < 1.29 is 9.52 Å². The van der Waals surface area contributed by atoms with E-state index in [9.17, 15) is 5.11 Å². The van der Waals surface area contributed by atoms with Crippen molar-refractivity contribution in [2.45, 2.75) is 12.5 Å². The van der Waals surface area contributed by atoms with Crippen LogP contribution in [0.1, 0.15) is 16.5 Å². The van der Waals surface area contributed by atoms with E-state index in [1.54, 1.807) is 18.6 Å². The molecule has 0 aliphatic rings. The van der Waals surface area contributed by atoms with E-state index in [4.69, 9.17) is 16.0 Å². The Morgan fingerprint density at radius 2 is 2.29 bits per heavy atom. The molecule has 0 aliphatic carbocycles. The molecule has 2 nitrogen and oxygen atoms in total. The van der Waals surface area contributed by atoms with E-state index >= 15 is 0 Å². The summed E-state index contributed by atoms with van der Waals surface area (Å²) in [7, 11) is 0. The first-order valence-corrected chi connectivity index (χ1v) is 5.39. The average Bonchev–Trinajstić information content (AvgIpc) is 2.75. The Kier molecular flexibility index (Phi) is 2.91. The molecule has 2 heterocycles. The third kappa shape index (κ3) is 2.18. The lowest BCUT2D eigenvalue weighted by Crippen LogP contribution is -1.98. The van der Waals surface area contributed by atoms with Gasteiger partial charge in [0.25, 0.3) is 0 Å². The first-order chi connectivity index (χ1) is 6.75. The van der Waals surface area contributed by atoms with E-state index in [1.807, 2.05) is 12.1 Å². The van der Waals surface area contributed by atoms with Gasteiger partial charge in [0.1, 0.15) is 0 Å². The highest BCUT2D eigenvalue weighted by molar-refractivity contribution is 7.16. The molecular weight excluding hydrogens is 220 g/mol. The van der Waals surface area contributed by atoms with Crippen LogP contribution in [0.4, 0.5) is 0 Å². The molecule has 2 rings (SSSR count). The Hall–Kier alpha value is -0.770. The fourth-order valence-electron chi connectivity index (χ4n) is 1.23. The zero-order chi connectivity index (χ0) is 9.97. The lowest BCUT2D eigenvalue weighted by atomic mass is 10.1. The normalized spacial score (nSPS) is 13.0. The lowest BCUT2D eigenvalue weighted by molar-refractivity contribution is 0.178. The van der Waals surface area contributed by atoms with Crippen molar-refractivity contribution in [1.82, 2.24) is 0 Å². The fraction of sp³-hybridized carbons (Fsp3) is 0.200. The van der Waals surface area contributed by atoms with Crippen molar-refractivity contribution in [3.8, 4) is 0 Å². The number of halogens is 1. The van der Waals surface area contributed by atoms with Crippen LogP contribution in [-0.2, 0) is 6.42 Å². The van der Waals surface area contributed by atoms with Crippen molar-refractivity contribution in [3.05, 3.63) is 45.5 Å². The number of aliphatic hydroxyl groups is 1. The third-order valence-electron chi connectivity index (χ3n) is 1.95. The molecule has 0 saturated heterocycles. The summed E-state index contributed by atoms with van der Waals surface area (Å²) in [5.41, 5.74) is 0.800. The Morgan fingerprint density at radius 3 is 2.86 bits per heavy atom. The highest BCUT2D eigenvalue weighted by Gasteiger charge is 2.10. The van der Waals surface area contributed by atoms with Gasteiger partial charge in [0.05, 0.1) is 23.0 Å². The molecule has 4 heteroatoms. The molecule has 0 fully saturated rings. The van der Waals surface area contributed by atoms with Gasteiger partial charge in [-0.15, -0.1) is 11.3 Å². The second-order valence-electron chi connectivity index (χ2n) is 2.98. The summed E-state index contributed by atoms with van der Waals surface area (Å²) in [6, 6.07) is 5.53. The molecule has 1 atom stereocenters. The molecule has 0 aromatic carbocycles. The van der Waals surface area contributed by atoms with E-state index < -0.39 is 6.10 Å². The molecule has 0 spiro atoms. The Balaban J connectivity index is 2.05. The van der Waals surface area contributed by atoms with Gasteiger partial charge in [0.15, 0.2) is 0 Å². The number of rotatable bonds is 3. The maximum absolute atomic E-state index is 9.78. The molecule has 0 amide bonds. The molecule has 0 radical (unpaired) electrons. The van der Waals surface area contributed by atoms with Crippen LogP contribution in [0.15, 0.2) is 35.1 Å². The Morgan fingerprint density at radius 1 is 1.43 bits per heavy atom. The topological polar surface area (TPSA) is 33.4 Å². The molecule has 1 N–H and O–H groups in total. The van der Waals surface area contributed by atoms with E-state index in [0.717, 1.165) is 14.8 Å². The summed E-state index contributed by atoms with van der Waals surface area (Å²) in [4.78, 5) is 1.07. The van der Waals surface area contributed by atoms with E-state index in [0.29, 0.717) is 6.42 Å². The minimum absolute atomic E-state index is 0.511. The Labute approximate surface area is 90.8 Å². The zero-order valence-corrected chi connectivity index (χ0v) is 8.89. The molecule has 0 aliphatic heterocycles. The Bertz CT molecular complexity index is 394. The average molecular weight is 229 g/mol. The van der Waals surface area contributed by atoms with Crippen molar-refractivity contribution in [1.29, 1.82) is 0 Å². The van der Waals surface area contributed by atoms with E-state index in [2.05, 4.69) is 0 Å². The maximum atomic E-state index is 9.78. The summed E-state index contributed by atoms with van der Waals surface area (Å²) in [6.45, 7) is 0. The first-order valence-electron chi connectivity index (χ1n) is 4.20. The molecular formula is C10H9ClO2S. The molecule has 2 aromatic rings. The summed E-state index contributed by atoms with van der Waals surface area (Å²) in [6.07, 6.45) is 3.18. The fourth-order valence-corrected chi connectivity index (χ4v) is 2.36. The van der Waals surface area contributed by atoms with Gasteiger partial charge in [-0.25, -0.2) is 0 Å². The van der Waals surface area contributed by atoms with Gasteiger partial charge in [-0.2, -0.15) is 0 Å². The van der Waals surface area contributed by atoms with Crippen LogP contribution in [0.5, 0.6) is 0 Å². The van der Waals surface area contributed by atoms with Gasteiger partial charge in [-0.3, -0.25) is 0 Å². The standard InChI is InChI=1S/C10H9ClO2S/c11-10-2-1-8(14-10)5-9(12)7-3-4-13-6-7/h1-4,6,9,12H,5H2. The second kappa shape index (κ2) is 4.17. The van der Waals surface area contributed by atoms with Gasteiger partial charge < -0.3 is 9.52 Å². The molecule has 2 aromatic heterocycles. The summed E-state index contributed by atoms with van der Waals surface area (Å²) < 4.78 is 5.65. The molecule has 1 unspecified atom stereocenters. The zero-order valence-electron chi connectivity index (χ0n) is 7.31. The number of hydrogen-bond donors (Lipinski definition) is 1. The number of hydrogen-bond acceptors (Lipinski definition) is 3. The molecule has 74 valence electrons. The number of furan rings is 1. The smallest absolute Gasteiger partial charge is 0.0960 e. The van der Waals surface area contributed by atoms with Crippen LogP contribution in [0, 0.1) is 0 Å². The minimum Gasteiger partial charge on any atom is -0.472 e. The van der Waals surface area contributed by atoms with Crippen molar-refractivity contribution in [3.63, 3.8) is 0 Å². The highest BCUT2D eigenvalue weighted by atomic mass is 35.5. The van der Waals surface area contributed by atoms with Crippen molar-refractivity contribution in [2.75, 3.05) is 0 Å². The predicted octanol–water partition coefficient (Wildman–Crippen LogP) is 3.27. The van der Waals surface area contributed by atoms with Crippen LogP contribution in [0.2, 0.25) is 4.34 Å². The number of aliphatic hydroxyl groups excluding tert-OH is 1. The van der Waals surface area contributed by atoms with Crippen LogP contribution >= 0.6 is 22.9 Å². The monoisotopic (exact) mass is 228 g/mol. The van der Waals surface area contributed by atoms with Crippen molar-refractivity contribution in [2.24, 2.45) is 0 Å². The van der Waals surface area contributed by atoms with Gasteiger partial charge in [-0.1, -0.05) is 11.6 Å². The summed E-state index contributed by atoms with van der Waals surface area (Å²) in [5, 5.41) is 9.78. The summed E-state index contributed by atoms with van der Waals surface area (Å²) >= 11 is 7.28. The number of thiophene rings is 1.